The van der Waals surface area contributed by atoms with E-state index in [0.29, 0.717) is 12.5 Å². The molecule has 1 aromatic rings. The van der Waals surface area contributed by atoms with Gasteiger partial charge in [0.25, 0.3) is 0 Å². The smallest absolute Gasteiger partial charge is 0.236 e. The number of fused-ring (bicyclic) bond motifs is 1. The van der Waals surface area contributed by atoms with Crippen LogP contribution in [0.5, 0.6) is 0 Å². The number of aliphatic hydroxyl groups excluding tert-OH is 1. The Labute approximate surface area is 107 Å². The molecule has 3 rings (SSSR count). The van der Waals surface area contributed by atoms with Crippen LogP contribution in [0.4, 0.5) is 0 Å². The van der Waals surface area contributed by atoms with Crippen LogP contribution in [-0.2, 0) is 17.6 Å². The Balaban J connectivity index is 1.92. The first-order chi connectivity index (χ1) is 8.70. The molecular weight excluding hydrogens is 228 g/mol. The van der Waals surface area contributed by atoms with Gasteiger partial charge in [-0.05, 0) is 44.2 Å². The van der Waals surface area contributed by atoms with E-state index < -0.39 is 5.54 Å². The summed E-state index contributed by atoms with van der Waals surface area (Å²) >= 11 is 0. The van der Waals surface area contributed by atoms with Crippen LogP contribution in [0.1, 0.15) is 36.7 Å². The van der Waals surface area contributed by atoms with E-state index in [4.69, 9.17) is 4.74 Å². The van der Waals surface area contributed by atoms with E-state index in [9.17, 15) is 5.11 Å². The molecule has 1 aliphatic carbocycles. The van der Waals surface area contributed by atoms with Crippen LogP contribution in [0, 0.1) is 0 Å². The third-order valence-electron chi connectivity index (χ3n) is 3.63. The number of rotatable bonds is 2. The summed E-state index contributed by atoms with van der Waals surface area (Å²) in [5.41, 5.74) is 2.83. The Kier molecular flexibility index (Phi) is 2.82. The van der Waals surface area contributed by atoms with Crippen molar-refractivity contribution in [1.29, 1.82) is 0 Å². The molecule has 0 aromatic carbocycles. The van der Waals surface area contributed by atoms with Gasteiger partial charge in [0.1, 0.15) is 17.8 Å². The molecule has 0 fully saturated rings. The average Bonchev–Trinajstić information content (AvgIpc) is 2.82. The van der Waals surface area contributed by atoms with Gasteiger partial charge in [-0.2, -0.15) is 0 Å². The molecule has 1 aromatic heterocycles. The van der Waals surface area contributed by atoms with Crippen molar-refractivity contribution in [2.24, 2.45) is 4.99 Å². The Morgan fingerprint density at radius 1 is 1.33 bits per heavy atom. The minimum absolute atomic E-state index is 0.00143. The van der Waals surface area contributed by atoms with Gasteiger partial charge in [0, 0.05) is 5.69 Å². The lowest BCUT2D eigenvalue weighted by molar-refractivity contribution is 0.170. The first-order valence-corrected chi connectivity index (χ1v) is 6.53. The van der Waals surface area contributed by atoms with Crippen molar-refractivity contribution in [1.82, 2.24) is 4.98 Å². The normalized spacial score (nSPS) is 26.4. The predicted molar refractivity (Wildman–Crippen MR) is 68.9 cm³/mol. The first kappa shape index (κ1) is 11.7. The number of hydrogen-bond donors (Lipinski definition) is 1. The Morgan fingerprint density at radius 2 is 2.17 bits per heavy atom. The van der Waals surface area contributed by atoms with Gasteiger partial charge < -0.3 is 9.84 Å². The predicted octanol–water partition coefficient (Wildman–Crippen LogP) is 1.49. The van der Waals surface area contributed by atoms with E-state index in [1.807, 2.05) is 13.0 Å². The highest BCUT2D eigenvalue weighted by Crippen LogP contribution is 2.23. The number of aliphatic imine (C=N–C) groups is 1. The second-order valence-electron chi connectivity index (χ2n) is 5.37. The number of hydrogen-bond acceptors (Lipinski definition) is 4. The molecular formula is C14H18N2O2. The third-order valence-corrected chi connectivity index (χ3v) is 3.63. The molecule has 1 aliphatic heterocycles. The second kappa shape index (κ2) is 4.35. The zero-order valence-corrected chi connectivity index (χ0v) is 10.6. The molecule has 0 bridgehead atoms. The summed E-state index contributed by atoms with van der Waals surface area (Å²) in [7, 11) is 0. The molecule has 18 heavy (non-hydrogen) atoms. The van der Waals surface area contributed by atoms with Gasteiger partial charge in [0.05, 0.1) is 6.61 Å². The van der Waals surface area contributed by atoms with Crippen molar-refractivity contribution in [3.8, 4) is 0 Å². The zero-order chi connectivity index (χ0) is 12.6. The van der Waals surface area contributed by atoms with Crippen LogP contribution in [0.15, 0.2) is 17.1 Å². The Bertz CT molecular complexity index is 499. The Morgan fingerprint density at radius 3 is 2.94 bits per heavy atom. The largest absolute Gasteiger partial charge is 0.474 e. The lowest BCUT2D eigenvalue weighted by Gasteiger charge is -2.15. The van der Waals surface area contributed by atoms with Crippen molar-refractivity contribution in [2.75, 3.05) is 13.2 Å². The molecule has 1 unspecified atom stereocenters. The van der Waals surface area contributed by atoms with Crippen molar-refractivity contribution in [2.45, 2.75) is 38.1 Å². The molecule has 0 saturated carbocycles. The highest BCUT2D eigenvalue weighted by Gasteiger charge is 2.32. The van der Waals surface area contributed by atoms with Gasteiger partial charge in [0.15, 0.2) is 0 Å². The highest BCUT2D eigenvalue weighted by molar-refractivity contribution is 5.93. The maximum absolute atomic E-state index is 9.27. The number of aliphatic hydroxyl groups is 1. The lowest BCUT2D eigenvalue weighted by atomic mass is 9.96. The van der Waals surface area contributed by atoms with Crippen LogP contribution >= 0.6 is 0 Å². The van der Waals surface area contributed by atoms with Gasteiger partial charge in [0.2, 0.25) is 5.90 Å². The first-order valence-electron chi connectivity index (χ1n) is 6.53. The molecule has 0 spiro atoms. The van der Waals surface area contributed by atoms with Crippen LogP contribution < -0.4 is 0 Å². The van der Waals surface area contributed by atoms with Crippen LogP contribution in [0.3, 0.4) is 0 Å². The van der Waals surface area contributed by atoms with E-state index in [1.54, 1.807) is 0 Å². The SMILES string of the molecule is CC1(CO)COC(c2ccc3c(n2)CCCC3)=N1. The summed E-state index contributed by atoms with van der Waals surface area (Å²) in [6.07, 6.45) is 4.65. The fourth-order valence-electron chi connectivity index (χ4n) is 2.45. The van der Waals surface area contributed by atoms with E-state index in [2.05, 4.69) is 16.0 Å². The number of aryl methyl sites for hydroxylation is 2. The molecule has 96 valence electrons. The van der Waals surface area contributed by atoms with E-state index >= 15 is 0 Å². The molecule has 4 nitrogen and oxygen atoms in total. The summed E-state index contributed by atoms with van der Waals surface area (Å²) in [5.74, 6) is 0.569. The van der Waals surface area contributed by atoms with Gasteiger partial charge in [-0.1, -0.05) is 6.07 Å². The highest BCUT2D eigenvalue weighted by atomic mass is 16.5. The number of ether oxygens (including phenoxy) is 1. The lowest BCUT2D eigenvalue weighted by Crippen LogP contribution is -2.28. The monoisotopic (exact) mass is 246 g/mol. The summed E-state index contributed by atoms with van der Waals surface area (Å²) in [5, 5.41) is 9.27. The minimum Gasteiger partial charge on any atom is -0.474 e. The molecule has 2 aliphatic rings. The maximum atomic E-state index is 9.27. The van der Waals surface area contributed by atoms with Crippen molar-refractivity contribution in [3.05, 3.63) is 29.1 Å². The number of pyridine rings is 1. The molecule has 2 heterocycles. The molecule has 1 N–H and O–H groups in total. The van der Waals surface area contributed by atoms with Gasteiger partial charge in [-0.3, -0.25) is 0 Å². The topological polar surface area (TPSA) is 54.7 Å². The van der Waals surface area contributed by atoms with Crippen molar-refractivity contribution >= 4 is 5.90 Å². The van der Waals surface area contributed by atoms with Crippen LogP contribution in [-0.4, -0.2) is 34.7 Å². The fraction of sp³-hybridized carbons (Fsp3) is 0.571. The van der Waals surface area contributed by atoms with Gasteiger partial charge in [-0.15, -0.1) is 0 Å². The van der Waals surface area contributed by atoms with Crippen molar-refractivity contribution in [3.63, 3.8) is 0 Å². The quantitative estimate of drug-likeness (QED) is 0.860. The molecule has 0 radical (unpaired) electrons. The fourth-order valence-corrected chi connectivity index (χ4v) is 2.45. The van der Waals surface area contributed by atoms with Crippen LogP contribution in [0.25, 0.3) is 0 Å². The zero-order valence-electron chi connectivity index (χ0n) is 10.6. The van der Waals surface area contributed by atoms with Crippen molar-refractivity contribution < 1.29 is 9.84 Å². The maximum Gasteiger partial charge on any atom is 0.236 e. The van der Waals surface area contributed by atoms with E-state index in [0.717, 1.165) is 18.5 Å². The van der Waals surface area contributed by atoms with Gasteiger partial charge in [-0.25, -0.2) is 9.98 Å². The Hall–Kier alpha value is -1.42. The number of nitrogens with zero attached hydrogens (tertiary/aromatic N) is 2. The van der Waals surface area contributed by atoms with E-state index in [1.165, 1.54) is 24.1 Å². The summed E-state index contributed by atoms with van der Waals surface area (Å²) in [4.78, 5) is 9.10. The molecule has 1 atom stereocenters. The van der Waals surface area contributed by atoms with Gasteiger partial charge >= 0.3 is 0 Å². The van der Waals surface area contributed by atoms with Crippen LogP contribution in [0.2, 0.25) is 0 Å². The standard InChI is InChI=1S/C14H18N2O2/c1-14(8-17)9-18-13(16-14)12-7-6-10-4-2-3-5-11(10)15-12/h6-7,17H,2-5,8-9H2,1H3. The molecule has 4 heteroatoms. The number of aromatic nitrogens is 1. The summed E-state index contributed by atoms with van der Waals surface area (Å²) < 4.78 is 5.56. The summed E-state index contributed by atoms with van der Waals surface area (Å²) in [6.45, 7) is 2.32. The summed E-state index contributed by atoms with van der Waals surface area (Å²) in [6, 6.07) is 4.11. The minimum atomic E-state index is -0.507. The van der Waals surface area contributed by atoms with E-state index in [-0.39, 0.29) is 6.61 Å². The molecule has 0 saturated heterocycles. The third kappa shape index (κ3) is 2.01. The molecule has 0 amide bonds. The average molecular weight is 246 g/mol. The second-order valence-corrected chi connectivity index (χ2v) is 5.37.